The molecule has 2 amide bonds. The van der Waals surface area contributed by atoms with Crippen molar-refractivity contribution in [1.82, 2.24) is 10.3 Å². The summed E-state index contributed by atoms with van der Waals surface area (Å²) >= 11 is 0. The molecule has 0 aliphatic heterocycles. The molecule has 3 rings (SSSR count). The summed E-state index contributed by atoms with van der Waals surface area (Å²) in [6.07, 6.45) is 0.843. The molecule has 0 spiro atoms. The van der Waals surface area contributed by atoms with Gasteiger partial charge in [-0.1, -0.05) is 36.2 Å². The topological polar surface area (TPSA) is 74.0 Å². The molecule has 0 fully saturated rings. The van der Waals surface area contributed by atoms with E-state index in [-0.39, 0.29) is 11.8 Å². The van der Waals surface area contributed by atoms with Gasteiger partial charge in [0.25, 0.3) is 11.8 Å². The van der Waals surface area contributed by atoms with Crippen LogP contribution in [0.2, 0.25) is 0 Å². The van der Waals surface area contributed by atoms with Gasteiger partial charge in [-0.25, -0.2) is 0 Å². The van der Waals surface area contributed by atoms with Crippen molar-refractivity contribution in [3.05, 3.63) is 64.8 Å². The van der Waals surface area contributed by atoms with Crippen molar-refractivity contribution in [3.8, 4) is 0 Å². The van der Waals surface area contributed by atoms with Crippen LogP contribution in [0.25, 0.3) is 10.9 Å². The van der Waals surface area contributed by atoms with Gasteiger partial charge in [0.05, 0.1) is 5.69 Å². The van der Waals surface area contributed by atoms with E-state index in [1.165, 1.54) is 0 Å². The lowest BCUT2D eigenvalue weighted by Gasteiger charge is -2.09. The van der Waals surface area contributed by atoms with Gasteiger partial charge in [-0.3, -0.25) is 9.59 Å². The molecule has 0 radical (unpaired) electrons. The minimum absolute atomic E-state index is 0.222. The number of carbonyl (C=O) groups excluding carboxylic acids is 2. The zero-order chi connectivity index (χ0) is 18.7. The van der Waals surface area contributed by atoms with Crippen molar-refractivity contribution in [3.63, 3.8) is 0 Å². The average molecular weight is 349 g/mol. The predicted octanol–water partition coefficient (Wildman–Crippen LogP) is 4.18. The summed E-state index contributed by atoms with van der Waals surface area (Å²) in [7, 11) is 0. The first-order valence-corrected chi connectivity index (χ1v) is 8.78. The first-order valence-electron chi connectivity index (χ1n) is 8.78. The van der Waals surface area contributed by atoms with Crippen LogP contribution in [-0.2, 0) is 0 Å². The molecule has 0 saturated heterocycles. The van der Waals surface area contributed by atoms with Gasteiger partial charge in [-0.05, 0) is 44.5 Å². The van der Waals surface area contributed by atoms with Gasteiger partial charge in [-0.2, -0.15) is 0 Å². The van der Waals surface area contributed by atoms with Crippen LogP contribution < -0.4 is 10.6 Å². The molecule has 0 aliphatic rings. The van der Waals surface area contributed by atoms with E-state index >= 15 is 0 Å². The molecule has 0 atom stereocenters. The van der Waals surface area contributed by atoms with Crippen molar-refractivity contribution in [1.29, 1.82) is 0 Å². The van der Waals surface area contributed by atoms with E-state index in [4.69, 9.17) is 0 Å². The number of carbonyl (C=O) groups is 2. The maximum atomic E-state index is 12.7. The minimum Gasteiger partial charge on any atom is -0.351 e. The summed E-state index contributed by atoms with van der Waals surface area (Å²) < 4.78 is 0. The molecule has 26 heavy (non-hydrogen) atoms. The summed E-state index contributed by atoms with van der Waals surface area (Å²) in [4.78, 5) is 28.4. The summed E-state index contributed by atoms with van der Waals surface area (Å²) in [6, 6.07) is 13.2. The molecular formula is C21H23N3O2. The summed E-state index contributed by atoms with van der Waals surface area (Å²) in [5.74, 6) is -0.458. The maximum absolute atomic E-state index is 12.7. The quantitative estimate of drug-likeness (QED) is 0.646. The lowest BCUT2D eigenvalue weighted by atomic mass is 10.1. The lowest BCUT2D eigenvalue weighted by Crippen LogP contribution is -2.26. The Morgan fingerprint density at radius 1 is 1.00 bits per heavy atom. The van der Waals surface area contributed by atoms with E-state index in [1.807, 2.05) is 57.2 Å². The number of H-pyrrole nitrogens is 1. The zero-order valence-corrected chi connectivity index (χ0v) is 15.3. The molecule has 1 aromatic heterocycles. The van der Waals surface area contributed by atoms with E-state index in [2.05, 4.69) is 15.6 Å². The number of fused-ring (bicyclic) bond motifs is 1. The van der Waals surface area contributed by atoms with Gasteiger partial charge in [0.15, 0.2) is 0 Å². The predicted molar refractivity (Wildman–Crippen MR) is 105 cm³/mol. The number of hydrogen-bond acceptors (Lipinski definition) is 2. The Balaban J connectivity index is 2.02. The highest BCUT2D eigenvalue weighted by molar-refractivity contribution is 6.15. The minimum atomic E-state index is -0.236. The van der Waals surface area contributed by atoms with Crippen LogP contribution in [0.1, 0.15) is 45.3 Å². The fourth-order valence-electron chi connectivity index (χ4n) is 2.90. The Morgan fingerprint density at radius 3 is 2.50 bits per heavy atom. The molecular weight excluding hydrogens is 326 g/mol. The molecule has 3 aromatic rings. The normalized spacial score (nSPS) is 10.7. The van der Waals surface area contributed by atoms with E-state index in [9.17, 15) is 9.59 Å². The van der Waals surface area contributed by atoms with Crippen LogP contribution in [0.5, 0.6) is 0 Å². The highest BCUT2D eigenvalue weighted by atomic mass is 16.2. The van der Waals surface area contributed by atoms with E-state index in [0.717, 1.165) is 28.5 Å². The second kappa shape index (κ2) is 7.44. The highest BCUT2D eigenvalue weighted by Gasteiger charge is 2.20. The first kappa shape index (κ1) is 17.7. The van der Waals surface area contributed by atoms with Gasteiger partial charge in [0, 0.05) is 23.0 Å². The van der Waals surface area contributed by atoms with Crippen LogP contribution in [-0.4, -0.2) is 23.3 Å². The van der Waals surface area contributed by atoms with Crippen LogP contribution >= 0.6 is 0 Å². The number of rotatable bonds is 5. The summed E-state index contributed by atoms with van der Waals surface area (Å²) in [5, 5.41) is 6.62. The third-order valence-corrected chi connectivity index (χ3v) is 4.24. The van der Waals surface area contributed by atoms with Crippen LogP contribution in [0.15, 0.2) is 42.5 Å². The maximum Gasteiger partial charge on any atom is 0.269 e. The van der Waals surface area contributed by atoms with E-state index < -0.39 is 0 Å². The molecule has 0 bridgehead atoms. The van der Waals surface area contributed by atoms with Crippen molar-refractivity contribution >= 4 is 28.4 Å². The SMILES string of the molecule is CCCNC(=O)c1[nH]c2ccc(C)cc2c1NC(=O)c1cccc(C)c1. The van der Waals surface area contributed by atoms with Gasteiger partial charge < -0.3 is 15.6 Å². The van der Waals surface area contributed by atoms with Crippen molar-refractivity contribution in [2.24, 2.45) is 0 Å². The van der Waals surface area contributed by atoms with Crippen molar-refractivity contribution < 1.29 is 9.59 Å². The van der Waals surface area contributed by atoms with Crippen LogP contribution in [0, 0.1) is 13.8 Å². The largest absolute Gasteiger partial charge is 0.351 e. The molecule has 0 unspecified atom stereocenters. The summed E-state index contributed by atoms with van der Waals surface area (Å²) in [6.45, 7) is 6.50. The Kier molecular flexibility index (Phi) is 5.07. The smallest absolute Gasteiger partial charge is 0.269 e. The van der Waals surface area contributed by atoms with Gasteiger partial charge in [-0.15, -0.1) is 0 Å². The fraction of sp³-hybridized carbons (Fsp3) is 0.238. The van der Waals surface area contributed by atoms with E-state index in [0.29, 0.717) is 23.5 Å². The van der Waals surface area contributed by atoms with Crippen LogP contribution in [0.3, 0.4) is 0 Å². The fourth-order valence-corrected chi connectivity index (χ4v) is 2.90. The molecule has 5 heteroatoms. The number of aromatic amines is 1. The van der Waals surface area contributed by atoms with E-state index in [1.54, 1.807) is 6.07 Å². The number of anilines is 1. The molecule has 1 heterocycles. The molecule has 3 N–H and O–H groups in total. The first-order chi connectivity index (χ1) is 12.5. The Labute approximate surface area is 152 Å². The van der Waals surface area contributed by atoms with Crippen molar-refractivity contribution in [2.45, 2.75) is 27.2 Å². The lowest BCUT2D eigenvalue weighted by molar-refractivity contribution is 0.0950. The molecule has 134 valence electrons. The number of aromatic nitrogens is 1. The summed E-state index contributed by atoms with van der Waals surface area (Å²) in [5.41, 5.74) is 4.34. The number of aryl methyl sites for hydroxylation is 2. The average Bonchev–Trinajstić information content (AvgIpc) is 2.97. The monoisotopic (exact) mass is 349 g/mol. The number of amides is 2. The third kappa shape index (κ3) is 3.61. The third-order valence-electron chi connectivity index (χ3n) is 4.24. The van der Waals surface area contributed by atoms with Gasteiger partial charge in [0.1, 0.15) is 5.69 Å². The Bertz CT molecular complexity index is 973. The molecule has 2 aromatic carbocycles. The zero-order valence-electron chi connectivity index (χ0n) is 15.3. The second-order valence-corrected chi connectivity index (χ2v) is 6.50. The van der Waals surface area contributed by atoms with Crippen LogP contribution in [0.4, 0.5) is 5.69 Å². The standard InChI is InChI=1S/C21H23N3O2/c1-4-10-22-21(26)19-18(16-12-14(3)8-9-17(16)23-19)24-20(25)15-7-5-6-13(2)11-15/h5-9,11-12,23H,4,10H2,1-3H3,(H,22,26)(H,24,25). The molecule has 5 nitrogen and oxygen atoms in total. The highest BCUT2D eigenvalue weighted by Crippen LogP contribution is 2.29. The number of nitrogens with one attached hydrogen (secondary N) is 3. The van der Waals surface area contributed by atoms with Gasteiger partial charge in [0.2, 0.25) is 0 Å². The van der Waals surface area contributed by atoms with Crippen molar-refractivity contribution in [2.75, 3.05) is 11.9 Å². The number of benzene rings is 2. The number of hydrogen-bond donors (Lipinski definition) is 3. The Morgan fingerprint density at radius 2 is 1.77 bits per heavy atom. The molecule has 0 aliphatic carbocycles. The Hall–Kier alpha value is -3.08. The van der Waals surface area contributed by atoms with Gasteiger partial charge >= 0.3 is 0 Å². The molecule has 0 saturated carbocycles. The second-order valence-electron chi connectivity index (χ2n) is 6.50.